The van der Waals surface area contributed by atoms with E-state index in [0.29, 0.717) is 5.92 Å². The molecule has 2 aromatic rings. The third kappa shape index (κ3) is 7.25. The molecule has 0 atom stereocenters. The van der Waals surface area contributed by atoms with E-state index in [4.69, 9.17) is 13.9 Å². The van der Waals surface area contributed by atoms with Crippen LogP contribution in [0.15, 0.2) is 46.0 Å². The van der Waals surface area contributed by atoms with Crippen molar-refractivity contribution in [3.05, 3.63) is 47.9 Å². The van der Waals surface area contributed by atoms with Crippen LogP contribution in [0.25, 0.3) is 0 Å². The first-order chi connectivity index (χ1) is 13.1. The molecule has 0 bridgehead atoms. The van der Waals surface area contributed by atoms with E-state index in [2.05, 4.69) is 35.5 Å². The van der Waals surface area contributed by atoms with Gasteiger partial charge in [-0.3, -0.25) is 4.99 Å². The summed E-state index contributed by atoms with van der Waals surface area (Å²) < 4.78 is 16.0. The molecule has 1 aromatic heterocycles. The molecular formula is C21H31N3O3. The Kier molecular flexibility index (Phi) is 8.55. The monoisotopic (exact) mass is 373 g/mol. The molecule has 1 heterocycles. The molecular weight excluding hydrogens is 342 g/mol. The molecule has 2 rings (SSSR count). The molecule has 2 N–H and O–H groups in total. The van der Waals surface area contributed by atoms with Crippen molar-refractivity contribution in [3.63, 3.8) is 0 Å². The molecule has 0 unspecified atom stereocenters. The smallest absolute Gasteiger partial charge is 0.191 e. The number of nitrogens with zero attached hydrogens (tertiary/aromatic N) is 1. The molecule has 0 radical (unpaired) electrons. The fourth-order valence-electron chi connectivity index (χ4n) is 2.57. The number of ether oxygens (including phenoxy) is 2. The largest absolute Gasteiger partial charge is 0.493 e. The van der Waals surface area contributed by atoms with Gasteiger partial charge in [0, 0.05) is 26.1 Å². The minimum absolute atomic E-state index is 0.513. The molecule has 6 heteroatoms. The second kappa shape index (κ2) is 11.2. The number of furan rings is 1. The zero-order valence-corrected chi connectivity index (χ0v) is 16.7. The Morgan fingerprint density at radius 1 is 1.04 bits per heavy atom. The highest BCUT2D eigenvalue weighted by Crippen LogP contribution is 2.27. The molecule has 0 fully saturated rings. The van der Waals surface area contributed by atoms with Gasteiger partial charge < -0.3 is 24.5 Å². The van der Waals surface area contributed by atoms with Gasteiger partial charge in [-0.1, -0.05) is 19.9 Å². The van der Waals surface area contributed by atoms with Crippen LogP contribution in [0, 0.1) is 5.92 Å². The van der Waals surface area contributed by atoms with Crippen molar-refractivity contribution < 1.29 is 13.9 Å². The van der Waals surface area contributed by atoms with Crippen LogP contribution in [0.3, 0.4) is 0 Å². The molecule has 0 aliphatic carbocycles. The normalized spacial score (nSPS) is 11.5. The molecule has 0 saturated heterocycles. The van der Waals surface area contributed by atoms with Crippen LogP contribution < -0.4 is 20.1 Å². The summed E-state index contributed by atoms with van der Waals surface area (Å²) in [4.78, 5) is 4.65. The van der Waals surface area contributed by atoms with Crippen molar-refractivity contribution in [2.75, 3.05) is 33.9 Å². The summed E-state index contributed by atoms with van der Waals surface area (Å²) in [6, 6.07) is 9.89. The minimum Gasteiger partial charge on any atom is -0.493 e. The topological polar surface area (TPSA) is 68.0 Å². The van der Waals surface area contributed by atoms with Crippen molar-refractivity contribution in [2.45, 2.75) is 26.7 Å². The predicted octanol–water partition coefficient (Wildman–Crippen LogP) is 3.27. The van der Waals surface area contributed by atoms with Gasteiger partial charge in [-0.05, 0) is 42.2 Å². The lowest BCUT2D eigenvalue weighted by molar-refractivity contribution is 0.354. The number of methoxy groups -OCH3 is 2. The summed E-state index contributed by atoms with van der Waals surface area (Å²) in [6.07, 6.45) is 3.39. The number of nitrogens with one attached hydrogen (secondary N) is 2. The Morgan fingerprint density at radius 3 is 2.41 bits per heavy atom. The summed E-state index contributed by atoms with van der Waals surface area (Å²) in [5, 5.41) is 6.78. The average Bonchev–Trinajstić information content (AvgIpc) is 3.18. The van der Waals surface area contributed by atoms with E-state index < -0.39 is 0 Å². The van der Waals surface area contributed by atoms with Gasteiger partial charge in [0.05, 0.1) is 20.5 Å². The maximum absolute atomic E-state index is 5.37. The molecule has 6 nitrogen and oxygen atoms in total. The van der Waals surface area contributed by atoms with Gasteiger partial charge in [0.25, 0.3) is 0 Å². The molecule has 0 saturated carbocycles. The number of hydrogen-bond acceptors (Lipinski definition) is 4. The summed E-state index contributed by atoms with van der Waals surface area (Å²) in [5.74, 6) is 3.81. The summed E-state index contributed by atoms with van der Waals surface area (Å²) in [5.41, 5.74) is 1.18. The van der Waals surface area contributed by atoms with Gasteiger partial charge in [0.1, 0.15) is 5.76 Å². The maximum atomic E-state index is 5.37. The SMILES string of the molecule is COc1ccc(CCNC(=NCC(C)C)NCCc2ccco2)cc1OC. The first kappa shape index (κ1) is 20.7. The first-order valence-corrected chi connectivity index (χ1v) is 9.37. The van der Waals surface area contributed by atoms with Crippen LogP contribution in [-0.2, 0) is 12.8 Å². The maximum Gasteiger partial charge on any atom is 0.191 e. The van der Waals surface area contributed by atoms with E-state index in [9.17, 15) is 0 Å². The van der Waals surface area contributed by atoms with Gasteiger partial charge in [-0.25, -0.2) is 0 Å². The number of rotatable bonds is 10. The number of aliphatic imine (C=N–C) groups is 1. The standard InChI is InChI=1S/C21H31N3O3/c1-16(2)15-24-21(23-12-10-18-6-5-13-27-18)22-11-9-17-7-8-19(25-3)20(14-17)26-4/h5-8,13-14,16H,9-12,15H2,1-4H3,(H2,22,23,24). The molecule has 0 spiro atoms. The van der Waals surface area contributed by atoms with E-state index in [-0.39, 0.29) is 0 Å². The number of guanidine groups is 1. The summed E-state index contributed by atoms with van der Waals surface area (Å²) in [6.45, 7) is 6.65. The average molecular weight is 373 g/mol. The van der Waals surface area contributed by atoms with Gasteiger partial charge in [0.2, 0.25) is 0 Å². The van der Waals surface area contributed by atoms with Crippen LogP contribution >= 0.6 is 0 Å². The van der Waals surface area contributed by atoms with Crippen molar-refractivity contribution in [1.82, 2.24) is 10.6 Å². The zero-order valence-electron chi connectivity index (χ0n) is 16.7. The fourth-order valence-corrected chi connectivity index (χ4v) is 2.57. The Hall–Kier alpha value is -2.63. The van der Waals surface area contributed by atoms with Gasteiger partial charge in [-0.15, -0.1) is 0 Å². The number of hydrogen-bond donors (Lipinski definition) is 2. The Labute approximate surface area is 162 Å². The van der Waals surface area contributed by atoms with E-state index in [0.717, 1.165) is 55.7 Å². The highest BCUT2D eigenvalue weighted by molar-refractivity contribution is 5.79. The van der Waals surface area contributed by atoms with Crippen LogP contribution in [0.1, 0.15) is 25.2 Å². The van der Waals surface area contributed by atoms with Gasteiger partial charge in [0.15, 0.2) is 17.5 Å². The van der Waals surface area contributed by atoms with E-state index in [1.54, 1.807) is 20.5 Å². The fraction of sp³-hybridized carbons (Fsp3) is 0.476. The first-order valence-electron chi connectivity index (χ1n) is 9.37. The molecule has 148 valence electrons. The highest BCUT2D eigenvalue weighted by Gasteiger charge is 2.05. The third-order valence-electron chi connectivity index (χ3n) is 4.01. The predicted molar refractivity (Wildman–Crippen MR) is 109 cm³/mol. The Morgan fingerprint density at radius 2 is 1.78 bits per heavy atom. The van der Waals surface area contributed by atoms with E-state index >= 15 is 0 Å². The van der Waals surface area contributed by atoms with E-state index in [1.807, 2.05) is 24.3 Å². The third-order valence-corrected chi connectivity index (χ3v) is 4.01. The molecule has 1 aromatic carbocycles. The zero-order chi connectivity index (χ0) is 19.5. The summed E-state index contributed by atoms with van der Waals surface area (Å²) >= 11 is 0. The highest BCUT2D eigenvalue weighted by atomic mass is 16.5. The van der Waals surface area contributed by atoms with Gasteiger partial charge in [-0.2, -0.15) is 0 Å². The van der Waals surface area contributed by atoms with Crippen LogP contribution in [0.5, 0.6) is 11.5 Å². The Bertz CT molecular complexity index is 697. The minimum atomic E-state index is 0.513. The van der Waals surface area contributed by atoms with E-state index in [1.165, 1.54) is 5.56 Å². The second-order valence-corrected chi connectivity index (χ2v) is 6.71. The molecule has 0 amide bonds. The van der Waals surface area contributed by atoms with Crippen LogP contribution in [0.4, 0.5) is 0 Å². The molecule has 0 aliphatic rings. The van der Waals surface area contributed by atoms with Crippen molar-refractivity contribution in [2.24, 2.45) is 10.9 Å². The lowest BCUT2D eigenvalue weighted by Crippen LogP contribution is -2.39. The van der Waals surface area contributed by atoms with Crippen molar-refractivity contribution in [3.8, 4) is 11.5 Å². The lowest BCUT2D eigenvalue weighted by atomic mass is 10.1. The molecule has 0 aliphatic heterocycles. The van der Waals surface area contributed by atoms with Crippen molar-refractivity contribution in [1.29, 1.82) is 0 Å². The van der Waals surface area contributed by atoms with Crippen LogP contribution in [-0.4, -0.2) is 39.8 Å². The second-order valence-electron chi connectivity index (χ2n) is 6.71. The van der Waals surface area contributed by atoms with Crippen LogP contribution in [0.2, 0.25) is 0 Å². The lowest BCUT2D eigenvalue weighted by Gasteiger charge is -2.14. The number of benzene rings is 1. The van der Waals surface area contributed by atoms with Gasteiger partial charge >= 0.3 is 0 Å². The Balaban J connectivity index is 1.86. The van der Waals surface area contributed by atoms with Crippen molar-refractivity contribution >= 4 is 5.96 Å². The molecule has 27 heavy (non-hydrogen) atoms. The quantitative estimate of drug-likeness (QED) is 0.494. The summed E-state index contributed by atoms with van der Waals surface area (Å²) in [7, 11) is 3.30.